The second-order valence-corrected chi connectivity index (χ2v) is 10.8. The van der Waals surface area contributed by atoms with Gasteiger partial charge in [-0.05, 0) is 72.6 Å². The van der Waals surface area contributed by atoms with E-state index in [1.54, 1.807) is 18.2 Å². The summed E-state index contributed by atoms with van der Waals surface area (Å²) in [7, 11) is 0. The number of anilines is 2. The molecule has 2 amide bonds. The number of carbonyl (C=O) groups excluding carboxylic acids is 2. The van der Waals surface area contributed by atoms with Crippen LogP contribution in [0.15, 0.2) is 102 Å². The second kappa shape index (κ2) is 14.1. The zero-order valence-corrected chi connectivity index (χ0v) is 23.7. The van der Waals surface area contributed by atoms with Gasteiger partial charge in [0.15, 0.2) is 0 Å². The van der Waals surface area contributed by atoms with Crippen LogP contribution in [0.4, 0.5) is 11.4 Å². The van der Waals surface area contributed by atoms with Crippen LogP contribution in [0, 0.1) is 0 Å². The molecule has 0 saturated carbocycles. The number of hydrogen-bond donors (Lipinski definition) is 2. The number of carbonyl (C=O) groups is 2. The van der Waals surface area contributed by atoms with Gasteiger partial charge in [-0.2, -0.15) is 0 Å². The van der Waals surface area contributed by atoms with Crippen LogP contribution in [0.1, 0.15) is 40.9 Å². The minimum Gasteiger partial charge on any atom is -0.494 e. The average Bonchev–Trinajstić information content (AvgIpc) is 2.93. The molecule has 1 unspecified atom stereocenters. The lowest BCUT2D eigenvalue weighted by atomic mass is 10.1. The Hall–Kier alpha value is -3.45. The number of rotatable bonds is 11. The average molecular weight is 580 g/mol. The topological polar surface area (TPSA) is 67.4 Å². The molecule has 200 valence electrons. The van der Waals surface area contributed by atoms with Gasteiger partial charge in [0.05, 0.1) is 17.2 Å². The maximum Gasteiger partial charge on any atom is 0.257 e. The summed E-state index contributed by atoms with van der Waals surface area (Å²) in [5, 5.41) is 6.10. The molecule has 1 atom stereocenters. The van der Waals surface area contributed by atoms with Gasteiger partial charge >= 0.3 is 0 Å². The normalized spacial score (nSPS) is 11.5. The molecule has 0 aliphatic heterocycles. The number of benzene rings is 4. The molecule has 0 spiro atoms. The SMILES string of the molecule is CCCCOc1ccc(NC(=O)C(Sc2cccc(NC(=O)c3ccc(Cl)cc3Cl)c2)c2ccccc2)cc1. The summed E-state index contributed by atoms with van der Waals surface area (Å²) in [6, 6.07) is 29.0. The Morgan fingerprint density at radius 2 is 1.62 bits per heavy atom. The molecule has 8 heteroatoms. The quantitative estimate of drug-likeness (QED) is 0.138. The minimum absolute atomic E-state index is 0.159. The number of amides is 2. The summed E-state index contributed by atoms with van der Waals surface area (Å²) in [6.07, 6.45) is 2.06. The summed E-state index contributed by atoms with van der Waals surface area (Å²) >= 11 is 13.5. The van der Waals surface area contributed by atoms with Crippen LogP contribution in [0.5, 0.6) is 5.75 Å². The third-order valence-electron chi connectivity index (χ3n) is 5.75. The number of ether oxygens (including phenoxy) is 1. The van der Waals surface area contributed by atoms with E-state index in [1.165, 1.54) is 17.8 Å². The zero-order valence-electron chi connectivity index (χ0n) is 21.3. The lowest BCUT2D eigenvalue weighted by Crippen LogP contribution is -2.19. The van der Waals surface area contributed by atoms with Crippen molar-refractivity contribution in [3.8, 4) is 5.75 Å². The first-order valence-corrected chi connectivity index (χ1v) is 14.2. The molecule has 0 bridgehead atoms. The van der Waals surface area contributed by atoms with Crippen molar-refractivity contribution in [1.29, 1.82) is 0 Å². The number of thioether (sulfide) groups is 1. The van der Waals surface area contributed by atoms with Gasteiger partial charge < -0.3 is 15.4 Å². The summed E-state index contributed by atoms with van der Waals surface area (Å²) in [6.45, 7) is 2.79. The molecule has 4 aromatic carbocycles. The number of hydrogen-bond acceptors (Lipinski definition) is 4. The predicted molar refractivity (Wildman–Crippen MR) is 161 cm³/mol. The van der Waals surface area contributed by atoms with Gasteiger partial charge in [0.2, 0.25) is 5.91 Å². The third kappa shape index (κ3) is 8.27. The van der Waals surface area contributed by atoms with Crippen LogP contribution >= 0.6 is 35.0 Å². The van der Waals surface area contributed by atoms with Crippen molar-refractivity contribution in [2.45, 2.75) is 29.9 Å². The maximum atomic E-state index is 13.5. The molecule has 4 rings (SSSR count). The molecule has 0 fully saturated rings. The molecule has 0 aromatic heterocycles. The van der Waals surface area contributed by atoms with Crippen LogP contribution in [0.25, 0.3) is 0 Å². The van der Waals surface area contributed by atoms with Gasteiger partial charge in [-0.1, -0.05) is 72.9 Å². The van der Waals surface area contributed by atoms with E-state index in [0.717, 1.165) is 29.1 Å². The summed E-state index contributed by atoms with van der Waals surface area (Å²) in [5.41, 5.74) is 2.46. The van der Waals surface area contributed by atoms with Crippen molar-refractivity contribution in [1.82, 2.24) is 0 Å². The van der Waals surface area contributed by atoms with E-state index in [9.17, 15) is 9.59 Å². The Balaban J connectivity index is 1.48. The van der Waals surface area contributed by atoms with Crippen molar-refractivity contribution in [3.63, 3.8) is 0 Å². The molecule has 5 nitrogen and oxygen atoms in total. The lowest BCUT2D eigenvalue weighted by molar-refractivity contribution is -0.115. The van der Waals surface area contributed by atoms with Crippen molar-refractivity contribution < 1.29 is 14.3 Å². The van der Waals surface area contributed by atoms with Gasteiger partial charge in [0.1, 0.15) is 11.0 Å². The second-order valence-electron chi connectivity index (χ2n) is 8.73. The molecule has 0 saturated heterocycles. The molecule has 0 radical (unpaired) electrons. The van der Waals surface area contributed by atoms with E-state index >= 15 is 0 Å². The van der Waals surface area contributed by atoms with Gasteiger partial charge in [0, 0.05) is 21.3 Å². The molecule has 2 N–H and O–H groups in total. The minimum atomic E-state index is -0.525. The van der Waals surface area contributed by atoms with Crippen molar-refractivity contribution in [2.24, 2.45) is 0 Å². The van der Waals surface area contributed by atoms with Crippen LogP contribution in [0.2, 0.25) is 10.0 Å². The van der Waals surface area contributed by atoms with Crippen LogP contribution in [-0.4, -0.2) is 18.4 Å². The zero-order chi connectivity index (χ0) is 27.6. The highest BCUT2D eigenvalue weighted by Gasteiger charge is 2.23. The van der Waals surface area contributed by atoms with Gasteiger partial charge in [-0.25, -0.2) is 0 Å². The first-order chi connectivity index (χ1) is 18.9. The predicted octanol–water partition coefficient (Wildman–Crippen LogP) is 8.90. The van der Waals surface area contributed by atoms with Crippen LogP contribution < -0.4 is 15.4 Å². The Labute approximate surface area is 242 Å². The highest BCUT2D eigenvalue weighted by Crippen LogP contribution is 2.37. The standard InChI is InChI=1S/C31H28Cl2N2O3S/c1-2-3-18-38-25-15-13-23(14-16-25)34-31(37)29(21-8-5-4-6-9-21)39-26-11-7-10-24(20-26)35-30(36)27-17-12-22(32)19-28(27)33/h4-17,19-20,29H,2-3,18H2,1H3,(H,34,37)(H,35,36). The van der Waals surface area contributed by atoms with Crippen molar-refractivity contribution >= 4 is 58.2 Å². The summed E-state index contributed by atoms with van der Waals surface area (Å²) in [4.78, 5) is 27.1. The monoisotopic (exact) mass is 578 g/mol. The van der Waals surface area contributed by atoms with Gasteiger partial charge in [-0.3, -0.25) is 9.59 Å². The molecule has 0 aliphatic carbocycles. The van der Waals surface area contributed by atoms with Crippen LogP contribution in [0.3, 0.4) is 0 Å². The van der Waals surface area contributed by atoms with Gasteiger partial charge in [0.25, 0.3) is 5.91 Å². The van der Waals surface area contributed by atoms with E-state index in [4.69, 9.17) is 27.9 Å². The fourth-order valence-electron chi connectivity index (χ4n) is 3.73. The Kier molecular flexibility index (Phi) is 10.3. The Morgan fingerprint density at radius 3 is 2.33 bits per heavy atom. The molecular weight excluding hydrogens is 551 g/mol. The maximum absolute atomic E-state index is 13.5. The first-order valence-electron chi connectivity index (χ1n) is 12.5. The highest BCUT2D eigenvalue weighted by molar-refractivity contribution is 8.00. The molecule has 4 aromatic rings. The molecule has 0 heterocycles. The fraction of sp³-hybridized carbons (Fsp3) is 0.161. The largest absolute Gasteiger partial charge is 0.494 e. The van der Waals surface area contributed by atoms with Crippen molar-refractivity contribution in [3.05, 3.63) is 118 Å². The van der Waals surface area contributed by atoms with E-state index in [2.05, 4.69) is 17.6 Å². The van der Waals surface area contributed by atoms with E-state index in [0.29, 0.717) is 28.6 Å². The lowest BCUT2D eigenvalue weighted by Gasteiger charge is -2.18. The third-order valence-corrected chi connectivity index (χ3v) is 7.55. The van der Waals surface area contributed by atoms with E-state index < -0.39 is 5.25 Å². The number of unbranched alkanes of at least 4 members (excludes halogenated alkanes) is 1. The number of halogens is 2. The molecule has 39 heavy (non-hydrogen) atoms. The van der Waals surface area contributed by atoms with Crippen LogP contribution in [-0.2, 0) is 4.79 Å². The molecular formula is C31H28Cl2N2O3S. The summed E-state index contributed by atoms with van der Waals surface area (Å²) < 4.78 is 5.72. The van der Waals surface area contributed by atoms with Crippen molar-refractivity contribution in [2.75, 3.05) is 17.2 Å². The first kappa shape index (κ1) is 28.6. The fourth-order valence-corrected chi connectivity index (χ4v) is 5.31. The molecule has 0 aliphatic rings. The summed E-state index contributed by atoms with van der Waals surface area (Å²) in [5.74, 6) is 0.265. The number of nitrogens with one attached hydrogen (secondary N) is 2. The van der Waals surface area contributed by atoms with E-state index in [1.807, 2.05) is 72.8 Å². The Bertz CT molecular complexity index is 1420. The van der Waals surface area contributed by atoms with E-state index in [-0.39, 0.29) is 16.8 Å². The highest BCUT2D eigenvalue weighted by atomic mass is 35.5. The van der Waals surface area contributed by atoms with Gasteiger partial charge in [-0.15, -0.1) is 11.8 Å². The Morgan fingerprint density at radius 1 is 0.846 bits per heavy atom. The smallest absolute Gasteiger partial charge is 0.257 e.